The number of methoxy groups -OCH3 is 1. The Labute approximate surface area is 98.1 Å². The number of nitriles is 1. The Bertz CT molecular complexity index is 590. The van der Waals surface area contributed by atoms with Crippen molar-refractivity contribution in [1.82, 2.24) is 4.98 Å². The highest BCUT2D eigenvalue weighted by atomic mass is 19.1. The molecular formula is C13H9FN2O. The van der Waals surface area contributed by atoms with Crippen LogP contribution in [0.3, 0.4) is 0 Å². The topological polar surface area (TPSA) is 45.9 Å². The maximum atomic E-state index is 13.3. The van der Waals surface area contributed by atoms with Gasteiger partial charge in [-0.05, 0) is 35.9 Å². The molecule has 0 unspecified atom stereocenters. The lowest BCUT2D eigenvalue weighted by Gasteiger charge is -2.07. The van der Waals surface area contributed by atoms with Crippen molar-refractivity contribution in [2.24, 2.45) is 0 Å². The molecule has 1 aromatic carbocycles. The fourth-order valence-corrected chi connectivity index (χ4v) is 1.58. The largest absolute Gasteiger partial charge is 0.481 e. The molecule has 2 rings (SSSR count). The van der Waals surface area contributed by atoms with E-state index in [0.29, 0.717) is 17.0 Å². The average Bonchev–Trinajstić information content (AvgIpc) is 2.37. The molecule has 0 bridgehead atoms. The molecule has 3 nitrogen and oxygen atoms in total. The normalized spacial score (nSPS) is 9.71. The quantitative estimate of drug-likeness (QED) is 0.793. The second kappa shape index (κ2) is 4.62. The van der Waals surface area contributed by atoms with E-state index < -0.39 is 5.82 Å². The van der Waals surface area contributed by atoms with Crippen LogP contribution in [0.25, 0.3) is 11.1 Å². The Kier molecular flexibility index (Phi) is 3.01. The number of halogens is 1. The minimum Gasteiger partial charge on any atom is -0.481 e. The SMILES string of the molecule is COc1ncccc1-c1cc(F)cc(C#N)c1. The van der Waals surface area contributed by atoms with Crippen LogP contribution in [0.15, 0.2) is 36.5 Å². The van der Waals surface area contributed by atoms with Crippen molar-refractivity contribution in [3.63, 3.8) is 0 Å². The minimum atomic E-state index is -0.454. The van der Waals surface area contributed by atoms with Crippen molar-refractivity contribution in [3.8, 4) is 23.1 Å². The highest BCUT2D eigenvalue weighted by molar-refractivity contribution is 5.69. The smallest absolute Gasteiger partial charge is 0.221 e. The van der Waals surface area contributed by atoms with Crippen LogP contribution in [0.5, 0.6) is 5.88 Å². The highest BCUT2D eigenvalue weighted by Crippen LogP contribution is 2.28. The summed E-state index contributed by atoms with van der Waals surface area (Å²) in [5, 5.41) is 8.80. The van der Waals surface area contributed by atoms with E-state index in [9.17, 15) is 4.39 Å². The van der Waals surface area contributed by atoms with Crippen molar-refractivity contribution in [1.29, 1.82) is 5.26 Å². The number of rotatable bonds is 2. The fraction of sp³-hybridized carbons (Fsp3) is 0.0769. The van der Waals surface area contributed by atoms with Gasteiger partial charge in [0.15, 0.2) is 0 Å². The van der Waals surface area contributed by atoms with Crippen molar-refractivity contribution < 1.29 is 9.13 Å². The van der Waals surface area contributed by atoms with Crippen LogP contribution in [0.1, 0.15) is 5.56 Å². The van der Waals surface area contributed by atoms with E-state index in [4.69, 9.17) is 10.00 Å². The zero-order chi connectivity index (χ0) is 12.3. The van der Waals surface area contributed by atoms with Crippen LogP contribution in [0, 0.1) is 17.1 Å². The first kappa shape index (κ1) is 11.1. The average molecular weight is 228 g/mol. The summed E-state index contributed by atoms with van der Waals surface area (Å²) in [5.41, 5.74) is 1.50. The molecule has 2 aromatic rings. The lowest BCUT2D eigenvalue weighted by atomic mass is 10.0. The molecule has 0 atom stereocenters. The van der Waals surface area contributed by atoms with Crippen LogP contribution >= 0.6 is 0 Å². The maximum Gasteiger partial charge on any atom is 0.221 e. The summed E-state index contributed by atoms with van der Waals surface area (Å²) in [4.78, 5) is 4.03. The molecule has 0 amide bonds. The Morgan fingerprint density at radius 1 is 1.35 bits per heavy atom. The van der Waals surface area contributed by atoms with E-state index in [1.54, 1.807) is 24.4 Å². The predicted molar refractivity (Wildman–Crippen MR) is 60.9 cm³/mol. The molecule has 4 heteroatoms. The monoisotopic (exact) mass is 228 g/mol. The van der Waals surface area contributed by atoms with Crippen LogP contribution in [-0.4, -0.2) is 12.1 Å². The Morgan fingerprint density at radius 2 is 2.18 bits per heavy atom. The summed E-state index contributed by atoms with van der Waals surface area (Å²) >= 11 is 0. The molecule has 0 fully saturated rings. The summed E-state index contributed by atoms with van der Waals surface area (Å²) in [6.45, 7) is 0. The molecule has 0 N–H and O–H groups in total. The molecule has 0 saturated carbocycles. The molecule has 0 spiro atoms. The Balaban J connectivity index is 2.60. The van der Waals surface area contributed by atoms with E-state index in [-0.39, 0.29) is 5.56 Å². The summed E-state index contributed by atoms with van der Waals surface area (Å²) in [5.74, 6) is -0.0491. The number of ether oxygens (including phenoxy) is 1. The molecule has 17 heavy (non-hydrogen) atoms. The minimum absolute atomic E-state index is 0.269. The highest BCUT2D eigenvalue weighted by Gasteiger charge is 2.08. The van der Waals surface area contributed by atoms with Crippen molar-refractivity contribution >= 4 is 0 Å². The van der Waals surface area contributed by atoms with E-state index in [0.717, 1.165) is 0 Å². The zero-order valence-corrected chi connectivity index (χ0v) is 9.14. The summed E-state index contributed by atoms with van der Waals surface area (Å²) in [7, 11) is 1.50. The summed E-state index contributed by atoms with van der Waals surface area (Å²) < 4.78 is 18.4. The predicted octanol–water partition coefficient (Wildman–Crippen LogP) is 2.77. The van der Waals surface area contributed by atoms with Gasteiger partial charge in [0.1, 0.15) is 5.82 Å². The lowest BCUT2D eigenvalue weighted by Crippen LogP contribution is -1.92. The van der Waals surface area contributed by atoms with Gasteiger partial charge in [-0.25, -0.2) is 9.37 Å². The van der Waals surface area contributed by atoms with E-state index in [2.05, 4.69) is 4.98 Å². The summed E-state index contributed by atoms with van der Waals surface area (Å²) in [6.07, 6.45) is 1.59. The molecular weight excluding hydrogens is 219 g/mol. The molecule has 0 aliphatic carbocycles. The molecule has 0 radical (unpaired) electrons. The Morgan fingerprint density at radius 3 is 2.88 bits per heavy atom. The molecule has 1 heterocycles. The van der Waals surface area contributed by atoms with E-state index in [1.807, 2.05) is 6.07 Å². The fourth-order valence-electron chi connectivity index (χ4n) is 1.58. The van der Waals surface area contributed by atoms with Gasteiger partial charge in [0, 0.05) is 11.8 Å². The van der Waals surface area contributed by atoms with Gasteiger partial charge in [-0.3, -0.25) is 0 Å². The van der Waals surface area contributed by atoms with Gasteiger partial charge >= 0.3 is 0 Å². The second-order valence-corrected chi connectivity index (χ2v) is 3.40. The lowest BCUT2D eigenvalue weighted by molar-refractivity contribution is 0.399. The third kappa shape index (κ3) is 2.23. The first-order valence-corrected chi connectivity index (χ1v) is 4.94. The summed E-state index contributed by atoms with van der Waals surface area (Å²) in [6, 6.07) is 9.55. The van der Waals surface area contributed by atoms with Gasteiger partial charge in [-0.15, -0.1) is 0 Å². The van der Waals surface area contributed by atoms with Crippen molar-refractivity contribution in [2.45, 2.75) is 0 Å². The van der Waals surface area contributed by atoms with Gasteiger partial charge in [-0.1, -0.05) is 0 Å². The zero-order valence-electron chi connectivity index (χ0n) is 9.14. The standard InChI is InChI=1S/C13H9FN2O/c1-17-13-12(3-2-4-16-13)10-5-9(8-15)6-11(14)7-10/h2-7H,1H3. The van der Waals surface area contributed by atoms with Crippen molar-refractivity contribution in [2.75, 3.05) is 7.11 Å². The molecule has 0 saturated heterocycles. The number of benzene rings is 1. The Hall–Kier alpha value is -2.41. The molecule has 84 valence electrons. The third-order valence-corrected chi connectivity index (χ3v) is 2.30. The maximum absolute atomic E-state index is 13.3. The van der Waals surface area contributed by atoms with Gasteiger partial charge < -0.3 is 4.74 Å². The van der Waals surface area contributed by atoms with Gasteiger partial charge in [0.25, 0.3) is 0 Å². The molecule has 1 aromatic heterocycles. The van der Waals surface area contributed by atoms with E-state index >= 15 is 0 Å². The molecule has 0 aliphatic heterocycles. The van der Waals surface area contributed by atoms with Crippen molar-refractivity contribution in [3.05, 3.63) is 47.9 Å². The number of nitrogens with zero attached hydrogens (tertiary/aromatic N) is 2. The third-order valence-electron chi connectivity index (χ3n) is 2.30. The van der Waals surface area contributed by atoms with Crippen LogP contribution in [0.2, 0.25) is 0 Å². The van der Waals surface area contributed by atoms with Gasteiger partial charge in [0.05, 0.1) is 18.7 Å². The number of pyridine rings is 1. The van der Waals surface area contributed by atoms with Gasteiger partial charge in [-0.2, -0.15) is 5.26 Å². The van der Waals surface area contributed by atoms with Gasteiger partial charge in [0.2, 0.25) is 5.88 Å². The molecule has 0 aliphatic rings. The number of hydrogen-bond donors (Lipinski definition) is 0. The van der Waals surface area contributed by atoms with Crippen LogP contribution in [0.4, 0.5) is 4.39 Å². The van der Waals surface area contributed by atoms with E-state index in [1.165, 1.54) is 19.2 Å². The number of aromatic nitrogens is 1. The van der Waals surface area contributed by atoms with Crippen LogP contribution < -0.4 is 4.74 Å². The second-order valence-electron chi connectivity index (χ2n) is 3.40. The number of hydrogen-bond acceptors (Lipinski definition) is 3. The first-order valence-electron chi connectivity index (χ1n) is 4.94. The van der Waals surface area contributed by atoms with Crippen LogP contribution in [-0.2, 0) is 0 Å². The first-order chi connectivity index (χ1) is 8.24.